The molecule has 0 aliphatic carbocycles. The number of nitrogens with zero attached hydrogens (tertiary/aromatic N) is 1. The molecule has 5 heteroatoms. The van der Waals surface area contributed by atoms with Gasteiger partial charge in [-0.2, -0.15) is 0 Å². The molecule has 0 bridgehead atoms. The van der Waals surface area contributed by atoms with Gasteiger partial charge in [0.2, 0.25) is 0 Å². The van der Waals surface area contributed by atoms with Crippen LogP contribution in [0, 0.1) is 0 Å². The van der Waals surface area contributed by atoms with Crippen LogP contribution in [0.5, 0.6) is 5.75 Å². The van der Waals surface area contributed by atoms with E-state index in [1.807, 2.05) is 18.2 Å². The van der Waals surface area contributed by atoms with Crippen molar-refractivity contribution in [2.45, 2.75) is 6.42 Å². The first-order valence-electron chi connectivity index (χ1n) is 5.07. The van der Waals surface area contributed by atoms with Gasteiger partial charge < -0.3 is 10.1 Å². The molecule has 0 radical (unpaired) electrons. The van der Waals surface area contributed by atoms with Crippen molar-refractivity contribution in [2.24, 2.45) is 4.99 Å². The number of aliphatic imine (C=N–C) groups is 1. The minimum Gasteiger partial charge on any atom is -0.496 e. The van der Waals surface area contributed by atoms with E-state index in [4.69, 9.17) is 4.74 Å². The molecule has 1 N–H and O–H groups in total. The van der Waals surface area contributed by atoms with E-state index in [0.29, 0.717) is 0 Å². The van der Waals surface area contributed by atoms with Crippen LogP contribution in [0.2, 0.25) is 0 Å². The fraction of sp³-hybridized carbons (Fsp3) is 0.364. The molecule has 1 heterocycles. The zero-order valence-electron chi connectivity index (χ0n) is 9.00. The first-order chi connectivity index (χ1) is 7.79. The SMILES string of the molecule is COc1ccc(NC2=NCCCS2)cc1Br. The molecule has 16 heavy (non-hydrogen) atoms. The molecular weight excluding hydrogens is 288 g/mol. The van der Waals surface area contributed by atoms with Gasteiger partial charge in [0.15, 0.2) is 5.17 Å². The number of benzene rings is 1. The maximum absolute atomic E-state index is 5.18. The normalized spacial score (nSPS) is 15.5. The largest absolute Gasteiger partial charge is 0.496 e. The Balaban J connectivity index is 2.09. The Hall–Kier alpha value is -0.680. The molecule has 1 aliphatic heterocycles. The van der Waals surface area contributed by atoms with Gasteiger partial charge in [0.25, 0.3) is 0 Å². The summed E-state index contributed by atoms with van der Waals surface area (Å²) in [5, 5.41) is 4.30. The number of halogens is 1. The van der Waals surface area contributed by atoms with Crippen molar-refractivity contribution in [3.63, 3.8) is 0 Å². The molecule has 0 fully saturated rings. The van der Waals surface area contributed by atoms with Gasteiger partial charge in [-0.05, 0) is 40.5 Å². The van der Waals surface area contributed by atoms with Gasteiger partial charge in [-0.1, -0.05) is 11.8 Å². The molecule has 0 saturated carbocycles. The van der Waals surface area contributed by atoms with Crippen molar-refractivity contribution >= 4 is 38.5 Å². The monoisotopic (exact) mass is 300 g/mol. The lowest BCUT2D eigenvalue weighted by atomic mass is 10.3. The first-order valence-corrected chi connectivity index (χ1v) is 6.85. The average Bonchev–Trinajstić information content (AvgIpc) is 2.31. The standard InChI is InChI=1S/C11H13BrN2OS/c1-15-10-4-3-8(7-9(10)12)14-11-13-5-2-6-16-11/h3-4,7H,2,5-6H2,1H3,(H,13,14). The van der Waals surface area contributed by atoms with Gasteiger partial charge >= 0.3 is 0 Å². The van der Waals surface area contributed by atoms with Crippen LogP contribution in [-0.2, 0) is 0 Å². The van der Waals surface area contributed by atoms with Gasteiger partial charge in [-0.25, -0.2) is 0 Å². The van der Waals surface area contributed by atoms with Crippen molar-refractivity contribution in [2.75, 3.05) is 24.7 Å². The quantitative estimate of drug-likeness (QED) is 0.909. The third kappa shape index (κ3) is 2.92. The van der Waals surface area contributed by atoms with Crippen LogP contribution in [-0.4, -0.2) is 24.6 Å². The molecule has 0 atom stereocenters. The predicted octanol–water partition coefficient (Wildman–Crippen LogP) is 3.36. The van der Waals surface area contributed by atoms with Crippen LogP contribution in [0.25, 0.3) is 0 Å². The number of hydrogen-bond donors (Lipinski definition) is 1. The number of amidine groups is 1. The minimum absolute atomic E-state index is 0.837. The summed E-state index contributed by atoms with van der Waals surface area (Å²) in [6.07, 6.45) is 1.17. The number of ether oxygens (including phenoxy) is 1. The second kappa shape index (κ2) is 5.59. The molecule has 2 rings (SSSR count). The predicted molar refractivity (Wildman–Crippen MR) is 73.7 cm³/mol. The Morgan fingerprint density at radius 3 is 3.00 bits per heavy atom. The molecule has 1 aromatic rings. The number of thioether (sulfide) groups is 1. The summed E-state index contributed by atoms with van der Waals surface area (Å²) in [5.74, 6) is 1.98. The van der Waals surface area contributed by atoms with Crippen molar-refractivity contribution in [3.05, 3.63) is 22.7 Å². The Morgan fingerprint density at radius 1 is 1.50 bits per heavy atom. The van der Waals surface area contributed by atoms with E-state index >= 15 is 0 Å². The maximum Gasteiger partial charge on any atom is 0.161 e. The van der Waals surface area contributed by atoms with Crippen LogP contribution in [0.1, 0.15) is 6.42 Å². The third-order valence-electron chi connectivity index (χ3n) is 2.20. The van der Waals surface area contributed by atoms with Crippen molar-refractivity contribution < 1.29 is 4.74 Å². The lowest BCUT2D eigenvalue weighted by Gasteiger charge is -2.14. The van der Waals surface area contributed by atoms with Crippen molar-refractivity contribution in [1.29, 1.82) is 0 Å². The van der Waals surface area contributed by atoms with Gasteiger partial charge in [0.1, 0.15) is 5.75 Å². The lowest BCUT2D eigenvalue weighted by molar-refractivity contribution is 0.412. The summed E-state index contributed by atoms with van der Waals surface area (Å²) in [5.41, 5.74) is 1.03. The second-order valence-corrected chi connectivity index (χ2v) is 5.30. The summed E-state index contributed by atoms with van der Waals surface area (Å²) in [6, 6.07) is 5.91. The highest BCUT2D eigenvalue weighted by atomic mass is 79.9. The summed E-state index contributed by atoms with van der Waals surface area (Å²) >= 11 is 5.23. The Morgan fingerprint density at radius 2 is 2.38 bits per heavy atom. The van der Waals surface area contributed by atoms with Gasteiger partial charge in [0.05, 0.1) is 11.6 Å². The number of nitrogens with one attached hydrogen (secondary N) is 1. The summed E-state index contributed by atoms with van der Waals surface area (Å²) in [7, 11) is 1.66. The van der Waals surface area contributed by atoms with Crippen molar-refractivity contribution in [1.82, 2.24) is 0 Å². The molecule has 1 aromatic carbocycles. The highest BCUT2D eigenvalue weighted by Crippen LogP contribution is 2.28. The van der Waals surface area contributed by atoms with Crippen LogP contribution >= 0.6 is 27.7 Å². The van der Waals surface area contributed by atoms with E-state index in [-0.39, 0.29) is 0 Å². The molecule has 86 valence electrons. The Kier molecular flexibility index (Phi) is 4.12. The van der Waals surface area contributed by atoms with Crippen LogP contribution in [0.4, 0.5) is 5.69 Å². The van der Waals surface area contributed by atoms with Gasteiger partial charge in [0, 0.05) is 18.0 Å². The lowest BCUT2D eigenvalue weighted by Crippen LogP contribution is -2.13. The number of rotatable bonds is 2. The smallest absolute Gasteiger partial charge is 0.161 e. The molecule has 0 unspecified atom stereocenters. The molecule has 3 nitrogen and oxygen atoms in total. The summed E-state index contributed by atoms with van der Waals surface area (Å²) < 4.78 is 6.13. The van der Waals surface area contributed by atoms with Crippen LogP contribution in [0.3, 0.4) is 0 Å². The van der Waals surface area contributed by atoms with E-state index in [1.54, 1.807) is 18.9 Å². The second-order valence-electron chi connectivity index (χ2n) is 3.36. The highest BCUT2D eigenvalue weighted by Gasteiger charge is 2.07. The zero-order valence-corrected chi connectivity index (χ0v) is 11.4. The van der Waals surface area contributed by atoms with Gasteiger partial charge in [-0.3, -0.25) is 4.99 Å². The molecule has 0 spiro atoms. The topological polar surface area (TPSA) is 33.6 Å². The fourth-order valence-corrected chi connectivity index (χ4v) is 2.78. The van der Waals surface area contributed by atoms with Crippen LogP contribution < -0.4 is 10.1 Å². The fourth-order valence-electron chi connectivity index (χ4n) is 1.40. The molecule has 0 amide bonds. The van der Waals surface area contributed by atoms with E-state index in [0.717, 1.165) is 33.4 Å². The van der Waals surface area contributed by atoms with E-state index < -0.39 is 0 Å². The Bertz CT molecular complexity index is 409. The number of hydrogen-bond acceptors (Lipinski definition) is 4. The third-order valence-corrected chi connectivity index (χ3v) is 3.82. The molecule has 0 aromatic heterocycles. The molecule has 0 saturated heterocycles. The van der Waals surface area contributed by atoms with E-state index in [2.05, 4.69) is 26.2 Å². The van der Waals surface area contributed by atoms with E-state index in [1.165, 1.54) is 6.42 Å². The van der Waals surface area contributed by atoms with E-state index in [9.17, 15) is 0 Å². The van der Waals surface area contributed by atoms with Crippen LogP contribution in [0.15, 0.2) is 27.7 Å². The molecular formula is C11H13BrN2OS. The molecule has 1 aliphatic rings. The van der Waals surface area contributed by atoms with Crippen molar-refractivity contribution in [3.8, 4) is 5.75 Å². The number of anilines is 1. The minimum atomic E-state index is 0.837. The highest BCUT2D eigenvalue weighted by molar-refractivity contribution is 9.10. The number of methoxy groups -OCH3 is 1. The summed E-state index contributed by atoms with van der Waals surface area (Å²) in [4.78, 5) is 4.42. The first kappa shape index (κ1) is 11.8. The maximum atomic E-state index is 5.18. The zero-order chi connectivity index (χ0) is 11.4. The summed E-state index contributed by atoms with van der Waals surface area (Å²) in [6.45, 7) is 0.923. The van der Waals surface area contributed by atoms with Gasteiger partial charge in [-0.15, -0.1) is 0 Å². The average molecular weight is 301 g/mol. The Labute approximate surface area is 108 Å².